The Hall–Kier alpha value is -1.84. The van der Waals surface area contributed by atoms with Crippen LogP contribution in [0.4, 0.5) is 0 Å². The molecule has 6 nitrogen and oxygen atoms in total. The Balaban J connectivity index is 1.70. The zero-order chi connectivity index (χ0) is 14.7. The van der Waals surface area contributed by atoms with Gasteiger partial charge in [0, 0.05) is 18.2 Å². The van der Waals surface area contributed by atoms with Gasteiger partial charge in [-0.05, 0) is 32.9 Å². The number of rotatable bonds is 6. The van der Waals surface area contributed by atoms with E-state index in [1.165, 1.54) is 0 Å². The standard InChI is InChI=1S/C15H20N4O2/c1-10-11(7-16)6-14(20-8-12-2-4-17-12)15(19-10)21-9-13-3-5-18-13/h6,12-13,17-18H,2-5,8-9H2,1H3/t12-,13-/m1/s1. The zero-order valence-electron chi connectivity index (χ0n) is 12.2. The largest absolute Gasteiger partial charge is 0.486 e. The van der Waals surface area contributed by atoms with Gasteiger partial charge in [-0.3, -0.25) is 0 Å². The van der Waals surface area contributed by atoms with Crippen LogP contribution in [0.2, 0.25) is 0 Å². The van der Waals surface area contributed by atoms with Gasteiger partial charge in [-0.25, -0.2) is 4.98 Å². The van der Waals surface area contributed by atoms with E-state index in [2.05, 4.69) is 21.7 Å². The summed E-state index contributed by atoms with van der Waals surface area (Å²) in [4.78, 5) is 4.38. The summed E-state index contributed by atoms with van der Waals surface area (Å²) in [5.74, 6) is 1.05. The Bertz CT molecular complexity index is 547. The lowest BCUT2D eigenvalue weighted by Crippen LogP contribution is -2.47. The molecule has 0 bridgehead atoms. The van der Waals surface area contributed by atoms with Crippen molar-refractivity contribution in [2.24, 2.45) is 0 Å². The van der Waals surface area contributed by atoms with Crippen LogP contribution in [0.3, 0.4) is 0 Å². The number of aryl methyl sites for hydroxylation is 1. The summed E-state index contributed by atoms with van der Waals surface area (Å²) in [7, 11) is 0. The van der Waals surface area contributed by atoms with Crippen LogP contribution in [0, 0.1) is 18.3 Å². The monoisotopic (exact) mass is 288 g/mol. The minimum absolute atomic E-state index is 0.387. The molecule has 0 aromatic carbocycles. The van der Waals surface area contributed by atoms with Gasteiger partial charge >= 0.3 is 0 Å². The maximum absolute atomic E-state index is 9.13. The summed E-state index contributed by atoms with van der Waals surface area (Å²) >= 11 is 0. The third-order valence-corrected chi connectivity index (χ3v) is 3.98. The minimum atomic E-state index is 0.387. The number of nitriles is 1. The van der Waals surface area contributed by atoms with E-state index < -0.39 is 0 Å². The number of aromatic nitrogens is 1. The van der Waals surface area contributed by atoms with Crippen molar-refractivity contribution in [1.29, 1.82) is 5.26 Å². The van der Waals surface area contributed by atoms with Gasteiger partial charge in [0.15, 0.2) is 5.75 Å². The molecule has 2 fully saturated rings. The molecule has 6 heteroatoms. The van der Waals surface area contributed by atoms with E-state index in [9.17, 15) is 0 Å². The zero-order valence-corrected chi connectivity index (χ0v) is 12.2. The normalized spacial score (nSPS) is 23.6. The second kappa shape index (κ2) is 6.29. The molecule has 0 unspecified atom stereocenters. The highest BCUT2D eigenvalue weighted by atomic mass is 16.5. The number of hydrogen-bond donors (Lipinski definition) is 2. The topological polar surface area (TPSA) is 79.2 Å². The average molecular weight is 288 g/mol. The van der Waals surface area contributed by atoms with Crippen molar-refractivity contribution in [1.82, 2.24) is 15.6 Å². The second-order valence-corrected chi connectivity index (χ2v) is 5.54. The maximum atomic E-state index is 9.13. The minimum Gasteiger partial charge on any atom is -0.486 e. The van der Waals surface area contributed by atoms with Crippen LogP contribution in [0.1, 0.15) is 24.1 Å². The number of pyridine rings is 1. The first-order valence-corrected chi connectivity index (χ1v) is 7.40. The van der Waals surface area contributed by atoms with Gasteiger partial charge in [0.25, 0.3) is 5.88 Å². The SMILES string of the molecule is Cc1nc(OC[C@H]2CCN2)c(OC[C@H]2CCN2)cc1C#N. The molecule has 3 rings (SSSR count). The Morgan fingerprint density at radius 3 is 2.38 bits per heavy atom. The molecule has 2 N–H and O–H groups in total. The van der Waals surface area contributed by atoms with Gasteiger partial charge < -0.3 is 20.1 Å². The molecule has 0 aliphatic carbocycles. The first-order chi connectivity index (χ1) is 10.3. The van der Waals surface area contributed by atoms with Crippen LogP contribution >= 0.6 is 0 Å². The Kier molecular flexibility index (Phi) is 4.23. The summed E-state index contributed by atoms with van der Waals surface area (Å²) in [6.45, 7) is 5.05. The smallest absolute Gasteiger partial charge is 0.257 e. The van der Waals surface area contributed by atoms with E-state index in [-0.39, 0.29) is 0 Å². The van der Waals surface area contributed by atoms with E-state index in [1.54, 1.807) is 6.07 Å². The van der Waals surface area contributed by atoms with Gasteiger partial charge in [0.05, 0.1) is 11.3 Å². The highest BCUT2D eigenvalue weighted by Crippen LogP contribution is 2.28. The van der Waals surface area contributed by atoms with Crippen molar-refractivity contribution in [3.8, 4) is 17.7 Å². The Labute approximate surface area is 124 Å². The molecule has 2 atom stereocenters. The molecular weight excluding hydrogens is 268 g/mol. The summed E-state index contributed by atoms with van der Waals surface area (Å²) in [5.41, 5.74) is 1.20. The number of hydrogen-bond acceptors (Lipinski definition) is 6. The van der Waals surface area contributed by atoms with Crippen molar-refractivity contribution in [3.05, 3.63) is 17.3 Å². The molecule has 112 valence electrons. The van der Waals surface area contributed by atoms with Gasteiger partial charge in [-0.15, -0.1) is 0 Å². The van der Waals surface area contributed by atoms with Crippen LogP contribution in [-0.4, -0.2) is 43.4 Å². The number of ether oxygens (including phenoxy) is 2. The van der Waals surface area contributed by atoms with E-state index in [1.807, 2.05) is 6.92 Å². The molecule has 2 aliphatic rings. The van der Waals surface area contributed by atoms with Crippen molar-refractivity contribution < 1.29 is 9.47 Å². The molecular formula is C15H20N4O2. The summed E-state index contributed by atoms with van der Waals surface area (Å²) < 4.78 is 11.6. The molecule has 1 aromatic rings. The fourth-order valence-corrected chi connectivity index (χ4v) is 2.24. The summed E-state index contributed by atoms with van der Waals surface area (Å²) in [5, 5.41) is 15.7. The highest BCUT2D eigenvalue weighted by molar-refractivity contribution is 5.45. The molecule has 0 spiro atoms. The lowest BCUT2D eigenvalue weighted by Gasteiger charge is -2.29. The van der Waals surface area contributed by atoms with Gasteiger partial charge in [-0.2, -0.15) is 5.26 Å². The fourth-order valence-electron chi connectivity index (χ4n) is 2.24. The van der Waals surface area contributed by atoms with E-state index in [0.717, 1.165) is 25.9 Å². The first kappa shape index (κ1) is 14.1. The number of nitrogens with one attached hydrogen (secondary N) is 2. The van der Waals surface area contributed by atoms with Crippen LogP contribution in [-0.2, 0) is 0 Å². The molecule has 0 amide bonds. The van der Waals surface area contributed by atoms with Crippen LogP contribution in [0.15, 0.2) is 6.07 Å². The van der Waals surface area contributed by atoms with Crippen LogP contribution in [0.5, 0.6) is 11.6 Å². The van der Waals surface area contributed by atoms with Crippen molar-refractivity contribution in [2.75, 3.05) is 26.3 Å². The predicted octanol–water partition coefficient (Wildman–Crippen LogP) is 0.743. The molecule has 2 aliphatic heterocycles. The molecule has 3 heterocycles. The second-order valence-electron chi connectivity index (χ2n) is 5.54. The van der Waals surface area contributed by atoms with Gasteiger partial charge in [-0.1, -0.05) is 0 Å². The molecule has 2 saturated heterocycles. The van der Waals surface area contributed by atoms with Gasteiger partial charge in [0.1, 0.15) is 19.3 Å². The predicted molar refractivity (Wildman–Crippen MR) is 77.5 cm³/mol. The van der Waals surface area contributed by atoms with Gasteiger partial charge in [0.2, 0.25) is 0 Å². The lowest BCUT2D eigenvalue weighted by atomic mass is 10.1. The van der Waals surface area contributed by atoms with Crippen molar-refractivity contribution in [2.45, 2.75) is 31.8 Å². The Morgan fingerprint density at radius 2 is 1.86 bits per heavy atom. The van der Waals surface area contributed by atoms with E-state index in [0.29, 0.717) is 48.2 Å². The highest BCUT2D eigenvalue weighted by Gasteiger charge is 2.21. The Morgan fingerprint density at radius 1 is 1.24 bits per heavy atom. The molecule has 0 radical (unpaired) electrons. The fraction of sp³-hybridized carbons (Fsp3) is 0.600. The third kappa shape index (κ3) is 3.26. The lowest BCUT2D eigenvalue weighted by molar-refractivity contribution is 0.183. The third-order valence-electron chi connectivity index (χ3n) is 3.98. The quantitative estimate of drug-likeness (QED) is 0.804. The average Bonchev–Trinajstić information content (AvgIpc) is 2.37. The van der Waals surface area contributed by atoms with Crippen LogP contribution < -0.4 is 20.1 Å². The van der Waals surface area contributed by atoms with Crippen molar-refractivity contribution >= 4 is 0 Å². The van der Waals surface area contributed by atoms with Crippen molar-refractivity contribution in [3.63, 3.8) is 0 Å². The van der Waals surface area contributed by atoms with E-state index in [4.69, 9.17) is 14.7 Å². The summed E-state index contributed by atoms with van der Waals surface area (Å²) in [6, 6.07) is 4.65. The summed E-state index contributed by atoms with van der Waals surface area (Å²) in [6.07, 6.45) is 2.24. The van der Waals surface area contributed by atoms with E-state index >= 15 is 0 Å². The maximum Gasteiger partial charge on any atom is 0.257 e. The molecule has 1 aromatic heterocycles. The molecule has 0 saturated carbocycles. The molecule has 21 heavy (non-hydrogen) atoms. The number of nitrogens with zero attached hydrogens (tertiary/aromatic N) is 2. The van der Waals surface area contributed by atoms with Crippen LogP contribution in [0.25, 0.3) is 0 Å². The first-order valence-electron chi connectivity index (χ1n) is 7.40.